The third-order valence-corrected chi connectivity index (χ3v) is 6.68. The Labute approximate surface area is 132 Å². The van der Waals surface area contributed by atoms with Crippen LogP contribution in [-0.2, 0) is 13.1 Å². The Kier molecular flexibility index (Phi) is 4.33. The zero-order valence-corrected chi connectivity index (χ0v) is 13.8. The molecule has 2 saturated carbocycles. The van der Waals surface area contributed by atoms with Crippen LogP contribution in [0.1, 0.15) is 54.7 Å². The van der Waals surface area contributed by atoms with Crippen LogP contribution in [0.3, 0.4) is 0 Å². The van der Waals surface area contributed by atoms with Gasteiger partial charge in [-0.25, -0.2) is 0 Å². The standard InChI is InChI=1S/C18H28N2S/c1-2-4-15-12-20(10-9-14(15)3-1)13-18-8-7-17(21-18)11-19-16-5-6-16/h7-8,14-16,19H,1-6,9-13H2. The fraction of sp³-hybridized carbons (Fsp3) is 0.778. The van der Waals surface area contributed by atoms with E-state index in [0.717, 1.165) is 24.4 Å². The van der Waals surface area contributed by atoms with Crippen molar-refractivity contribution in [2.75, 3.05) is 13.1 Å². The van der Waals surface area contributed by atoms with Crippen molar-refractivity contribution in [1.82, 2.24) is 10.2 Å². The molecule has 0 aromatic carbocycles. The van der Waals surface area contributed by atoms with E-state index in [9.17, 15) is 0 Å². The molecule has 2 unspecified atom stereocenters. The summed E-state index contributed by atoms with van der Waals surface area (Å²) in [6.45, 7) is 4.96. The van der Waals surface area contributed by atoms with E-state index in [1.54, 1.807) is 4.88 Å². The maximum absolute atomic E-state index is 3.62. The Morgan fingerprint density at radius 2 is 1.81 bits per heavy atom. The fourth-order valence-corrected chi connectivity index (χ4v) is 5.19. The van der Waals surface area contributed by atoms with E-state index in [2.05, 4.69) is 22.3 Å². The molecule has 2 heterocycles. The number of piperidine rings is 1. The molecule has 0 bridgehead atoms. The lowest BCUT2D eigenvalue weighted by atomic mass is 9.75. The van der Waals surface area contributed by atoms with Gasteiger partial charge >= 0.3 is 0 Å². The van der Waals surface area contributed by atoms with Gasteiger partial charge in [0.25, 0.3) is 0 Å². The zero-order valence-electron chi connectivity index (χ0n) is 13.0. The first-order valence-corrected chi connectivity index (χ1v) is 9.72. The molecule has 1 saturated heterocycles. The van der Waals surface area contributed by atoms with Gasteiger partial charge in [0.15, 0.2) is 0 Å². The van der Waals surface area contributed by atoms with Crippen molar-refractivity contribution in [3.05, 3.63) is 21.9 Å². The second kappa shape index (κ2) is 6.39. The minimum Gasteiger partial charge on any atom is -0.309 e. The normalized spacial score (nSPS) is 30.3. The van der Waals surface area contributed by atoms with Crippen molar-refractivity contribution < 1.29 is 0 Å². The minimum atomic E-state index is 0.820. The summed E-state index contributed by atoms with van der Waals surface area (Å²) in [4.78, 5) is 5.80. The van der Waals surface area contributed by atoms with Crippen LogP contribution in [0.15, 0.2) is 12.1 Å². The lowest BCUT2D eigenvalue weighted by Gasteiger charge is -2.41. The summed E-state index contributed by atoms with van der Waals surface area (Å²) in [7, 11) is 0. The summed E-state index contributed by atoms with van der Waals surface area (Å²) < 4.78 is 0. The van der Waals surface area contributed by atoms with Gasteiger partial charge in [-0.3, -0.25) is 4.90 Å². The summed E-state index contributed by atoms with van der Waals surface area (Å²) in [6, 6.07) is 5.52. The topological polar surface area (TPSA) is 15.3 Å². The molecule has 2 atom stereocenters. The zero-order chi connectivity index (χ0) is 14.1. The van der Waals surface area contributed by atoms with E-state index in [1.165, 1.54) is 69.5 Å². The van der Waals surface area contributed by atoms with Crippen molar-refractivity contribution in [2.24, 2.45) is 11.8 Å². The van der Waals surface area contributed by atoms with E-state index in [1.807, 2.05) is 11.3 Å². The van der Waals surface area contributed by atoms with Crippen molar-refractivity contribution in [3.63, 3.8) is 0 Å². The summed E-state index contributed by atoms with van der Waals surface area (Å²) >= 11 is 2.02. The average molecular weight is 305 g/mol. The Morgan fingerprint density at radius 1 is 1.00 bits per heavy atom. The number of thiophene rings is 1. The molecule has 21 heavy (non-hydrogen) atoms. The monoisotopic (exact) mass is 304 g/mol. The molecule has 3 fully saturated rings. The molecule has 116 valence electrons. The largest absolute Gasteiger partial charge is 0.309 e. The summed E-state index contributed by atoms with van der Waals surface area (Å²) in [5.41, 5.74) is 0. The number of hydrogen-bond acceptors (Lipinski definition) is 3. The van der Waals surface area contributed by atoms with Gasteiger partial charge in [-0.1, -0.05) is 19.3 Å². The second-order valence-corrected chi connectivity index (χ2v) is 8.60. The summed E-state index contributed by atoms with van der Waals surface area (Å²) in [5, 5.41) is 3.62. The number of rotatable bonds is 5. The van der Waals surface area contributed by atoms with Gasteiger partial charge in [0.1, 0.15) is 0 Å². The molecule has 1 aromatic heterocycles. The first-order chi connectivity index (χ1) is 10.4. The predicted molar refractivity (Wildman–Crippen MR) is 89.5 cm³/mol. The van der Waals surface area contributed by atoms with E-state index in [-0.39, 0.29) is 0 Å². The second-order valence-electron chi connectivity index (χ2n) is 7.35. The predicted octanol–water partition coefficient (Wildman–Crippen LogP) is 4.01. The van der Waals surface area contributed by atoms with E-state index >= 15 is 0 Å². The molecule has 1 aromatic rings. The van der Waals surface area contributed by atoms with Crippen molar-refractivity contribution in [3.8, 4) is 0 Å². The van der Waals surface area contributed by atoms with Crippen LogP contribution in [-0.4, -0.2) is 24.0 Å². The molecule has 4 rings (SSSR count). The van der Waals surface area contributed by atoms with Gasteiger partial charge < -0.3 is 5.32 Å². The quantitative estimate of drug-likeness (QED) is 0.884. The van der Waals surface area contributed by atoms with Crippen molar-refractivity contribution in [2.45, 2.75) is 64.1 Å². The highest BCUT2D eigenvalue weighted by molar-refractivity contribution is 7.11. The van der Waals surface area contributed by atoms with Crippen LogP contribution in [0.5, 0.6) is 0 Å². The fourth-order valence-electron chi connectivity index (χ4n) is 4.17. The molecule has 2 aliphatic carbocycles. The van der Waals surface area contributed by atoms with Gasteiger partial charge in [-0.15, -0.1) is 11.3 Å². The Hall–Kier alpha value is -0.380. The van der Waals surface area contributed by atoms with Crippen molar-refractivity contribution >= 4 is 11.3 Å². The highest BCUT2D eigenvalue weighted by Gasteiger charge is 2.31. The van der Waals surface area contributed by atoms with Gasteiger partial charge in [-0.05, 0) is 56.2 Å². The SMILES string of the molecule is c1cc(CN2CCC3CCCCC3C2)sc1CNC1CC1. The molecule has 0 amide bonds. The molecular formula is C18H28N2S. The first kappa shape index (κ1) is 14.2. The number of hydrogen-bond donors (Lipinski definition) is 1. The Balaban J connectivity index is 1.29. The summed E-state index contributed by atoms with van der Waals surface area (Å²) in [6.07, 6.45) is 10.2. The third-order valence-electron chi connectivity index (χ3n) is 5.61. The van der Waals surface area contributed by atoms with Crippen LogP contribution in [0.4, 0.5) is 0 Å². The van der Waals surface area contributed by atoms with E-state index in [4.69, 9.17) is 0 Å². The van der Waals surface area contributed by atoms with Crippen LogP contribution in [0, 0.1) is 11.8 Å². The molecular weight excluding hydrogens is 276 g/mol. The van der Waals surface area contributed by atoms with Crippen LogP contribution in [0.25, 0.3) is 0 Å². The van der Waals surface area contributed by atoms with E-state index in [0.29, 0.717) is 0 Å². The average Bonchev–Trinajstić information content (AvgIpc) is 3.25. The molecule has 1 N–H and O–H groups in total. The Bertz CT molecular complexity index is 466. The van der Waals surface area contributed by atoms with E-state index < -0.39 is 0 Å². The number of nitrogens with zero attached hydrogens (tertiary/aromatic N) is 1. The smallest absolute Gasteiger partial charge is 0.0328 e. The van der Waals surface area contributed by atoms with Crippen LogP contribution < -0.4 is 5.32 Å². The number of fused-ring (bicyclic) bond motifs is 1. The maximum atomic E-state index is 3.62. The lowest BCUT2D eigenvalue weighted by molar-refractivity contribution is 0.0827. The number of nitrogens with one attached hydrogen (secondary N) is 1. The van der Waals surface area contributed by atoms with Crippen LogP contribution in [0.2, 0.25) is 0 Å². The lowest BCUT2D eigenvalue weighted by Crippen LogP contribution is -2.41. The molecule has 0 radical (unpaired) electrons. The number of likely N-dealkylation sites (tertiary alicyclic amines) is 1. The summed E-state index contributed by atoms with van der Waals surface area (Å²) in [5.74, 6) is 2.06. The highest BCUT2D eigenvalue weighted by Crippen LogP contribution is 2.36. The maximum Gasteiger partial charge on any atom is 0.0328 e. The van der Waals surface area contributed by atoms with Gasteiger partial charge in [0.2, 0.25) is 0 Å². The molecule has 2 nitrogen and oxygen atoms in total. The highest BCUT2D eigenvalue weighted by atomic mass is 32.1. The molecule has 0 spiro atoms. The van der Waals surface area contributed by atoms with Gasteiger partial charge in [0.05, 0.1) is 0 Å². The molecule has 3 heteroatoms. The van der Waals surface area contributed by atoms with Gasteiger partial charge in [0, 0.05) is 35.4 Å². The van der Waals surface area contributed by atoms with Crippen LogP contribution >= 0.6 is 11.3 Å². The Morgan fingerprint density at radius 3 is 2.67 bits per heavy atom. The van der Waals surface area contributed by atoms with Crippen molar-refractivity contribution in [1.29, 1.82) is 0 Å². The van der Waals surface area contributed by atoms with Gasteiger partial charge in [-0.2, -0.15) is 0 Å². The first-order valence-electron chi connectivity index (χ1n) is 8.90. The minimum absolute atomic E-state index is 0.820. The molecule has 1 aliphatic heterocycles. The molecule has 3 aliphatic rings. The third kappa shape index (κ3) is 3.69.